The highest BCUT2D eigenvalue weighted by Gasteiger charge is 2.21. The molecule has 0 saturated heterocycles. The minimum Gasteiger partial charge on any atom is -0.506 e. The highest BCUT2D eigenvalue weighted by Crippen LogP contribution is 2.41. The molecule has 0 radical (unpaired) electrons. The SMILES string of the molecule is CCCCON(C=O)c1cccc2c(O)c(C(N)=O)cc(OCCSCC(=O)O)c12. The molecule has 0 aromatic heterocycles. The number of hydrogen-bond acceptors (Lipinski definition) is 7. The van der Waals surface area contributed by atoms with Crippen molar-refractivity contribution in [3.8, 4) is 11.5 Å². The zero-order chi connectivity index (χ0) is 22.1. The summed E-state index contributed by atoms with van der Waals surface area (Å²) in [6, 6.07) is 6.11. The van der Waals surface area contributed by atoms with E-state index in [4.69, 9.17) is 20.4 Å². The van der Waals surface area contributed by atoms with Crippen LogP contribution in [0.3, 0.4) is 0 Å². The van der Waals surface area contributed by atoms with Crippen molar-refractivity contribution in [2.75, 3.05) is 29.8 Å². The van der Waals surface area contributed by atoms with Crippen molar-refractivity contribution >= 4 is 46.5 Å². The van der Waals surface area contributed by atoms with Gasteiger partial charge in [0.25, 0.3) is 5.91 Å². The lowest BCUT2D eigenvalue weighted by molar-refractivity contribution is -0.133. The molecular weight excluding hydrogens is 412 g/mol. The van der Waals surface area contributed by atoms with Crippen molar-refractivity contribution in [2.45, 2.75) is 19.8 Å². The van der Waals surface area contributed by atoms with Gasteiger partial charge in [-0.2, -0.15) is 5.06 Å². The van der Waals surface area contributed by atoms with Crippen LogP contribution in [0, 0.1) is 0 Å². The number of nitrogens with two attached hydrogens (primary N) is 1. The summed E-state index contributed by atoms with van der Waals surface area (Å²) in [5, 5.41) is 20.9. The predicted octanol–water partition coefficient (Wildman–Crippen LogP) is 2.54. The number of hydroxylamine groups is 1. The fourth-order valence-electron chi connectivity index (χ4n) is 2.73. The van der Waals surface area contributed by atoms with Crippen molar-refractivity contribution < 1.29 is 34.2 Å². The molecule has 2 rings (SSSR count). The van der Waals surface area contributed by atoms with Gasteiger partial charge in [0.05, 0.1) is 35.6 Å². The molecule has 0 aliphatic carbocycles. The number of fused-ring (bicyclic) bond motifs is 1. The number of phenols is 1. The van der Waals surface area contributed by atoms with Crippen molar-refractivity contribution in [1.82, 2.24) is 0 Å². The minimum absolute atomic E-state index is 0.0678. The standard InChI is InChI=1S/C20H24N2O7S/c1-2-3-7-29-22(12-23)15-6-4-5-13-18(15)16(10-14(19(13)26)20(21)27)28-8-9-30-11-17(24)25/h4-6,10,12,26H,2-3,7-9,11H2,1H3,(H2,21,27)(H,24,25). The predicted molar refractivity (Wildman–Crippen MR) is 114 cm³/mol. The first kappa shape index (κ1) is 23.3. The number of benzene rings is 2. The van der Waals surface area contributed by atoms with Crippen LogP contribution in [0.2, 0.25) is 0 Å². The third-order valence-electron chi connectivity index (χ3n) is 4.11. The van der Waals surface area contributed by atoms with Crippen molar-refractivity contribution in [1.29, 1.82) is 0 Å². The number of aromatic hydroxyl groups is 1. The first-order valence-electron chi connectivity index (χ1n) is 9.29. The number of amides is 2. The summed E-state index contributed by atoms with van der Waals surface area (Å²) in [4.78, 5) is 39.6. The zero-order valence-corrected chi connectivity index (χ0v) is 17.3. The Bertz CT molecular complexity index is 920. The fourth-order valence-corrected chi connectivity index (χ4v) is 3.25. The molecule has 0 heterocycles. The molecule has 0 spiro atoms. The molecule has 2 amide bonds. The molecule has 0 aliphatic rings. The number of unbranched alkanes of at least 4 members (excludes halogenated alkanes) is 1. The number of carbonyl (C=O) groups excluding carboxylic acids is 2. The number of anilines is 1. The van der Waals surface area contributed by atoms with Crippen LogP contribution < -0.4 is 15.5 Å². The molecule has 4 N–H and O–H groups in total. The van der Waals surface area contributed by atoms with Crippen molar-refractivity contribution in [3.63, 3.8) is 0 Å². The quantitative estimate of drug-likeness (QED) is 0.247. The summed E-state index contributed by atoms with van der Waals surface area (Å²) >= 11 is 1.17. The van der Waals surface area contributed by atoms with E-state index in [0.29, 0.717) is 29.8 Å². The largest absolute Gasteiger partial charge is 0.506 e. The van der Waals surface area contributed by atoms with Gasteiger partial charge in [-0.05, 0) is 18.6 Å². The van der Waals surface area contributed by atoms with E-state index in [9.17, 15) is 19.5 Å². The second-order valence-electron chi connectivity index (χ2n) is 6.25. The van der Waals surface area contributed by atoms with E-state index in [-0.39, 0.29) is 34.8 Å². The molecular formula is C20H24N2O7S. The monoisotopic (exact) mass is 436 g/mol. The Kier molecular flexibility index (Phi) is 8.75. The molecule has 0 unspecified atom stereocenters. The summed E-state index contributed by atoms with van der Waals surface area (Å²) < 4.78 is 5.78. The van der Waals surface area contributed by atoms with Gasteiger partial charge in [-0.1, -0.05) is 25.5 Å². The third-order valence-corrected chi connectivity index (χ3v) is 5.02. The average molecular weight is 436 g/mol. The lowest BCUT2D eigenvalue weighted by Crippen LogP contribution is -2.22. The normalized spacial score (nSPS) is 10.7. The van der Waals surface area contributed by atoms with Crippen LogP contribution in [-0.2, 0) is 14.4 Å². The number of aliphatic carboxylic acids is 1. The van der Waals surface area contributed by atoms with Crippen LogP contribution >= 0.6 is 11.8 Å². The first-order valence-corrected chi connectivity index (χ1v) is 10.4. The second kappa shape index (κ2) is 11.3. The molecule has 0 bridgehead atoms. The maximum Gasteiger partial charge on any atom is 0.313 e. The van der Waals surface area contributed by atoms with Gasteiger partial charge in [-0.3, -0.25) is 19.2 Å². The Hall–Kier alpha value is -2.98. The van der Waals surface area contributed by atoms with E-state index >= 15 is 0 Å². The van der Waals surface area contributed by atoms with Crippen LogP contribution in [0.5, 0.6) is 11.5 Å². The van der Waals surface area contributed by atoms with E-state index in [1.165, 1.54) is 17.8 Å². The Labute approximate surface area is 177 Å². The van der Waals surface area contributed by atoms with Gasteiger partial charge >= 0.3 is 5.97 Å². The van der Waals surface area contributed by atoms with Crippen LogP contribution in [-0.4, -0.2) is 53.2 Å². The maximum atomic E-state index is 11.8. The van der Waals surface area contributed by atoms with Gasteiger partial charge in [0, 0.05) is 11.1 Å². The number of ether oxygens (including phenoxy) is 1. The van der Waals surface area contributed by atoms with Gasteiger partial charge in [0.2, 0.25) is 6.41 Å². The number of carbonyl (C=O) groups is 3. The molecule has 2 aromatic rings. The van der Waals surface area contributed by atoms with Gasteiger partial charge in [0.15, 0.2) is 0 Å². The summed E-state index contributed by atoms with van der Waals surface area (Å²) in [5.41, 5.74) is 5.58. The third kappa shape index (κ3) is 5.77. The Morgan fingerprint density at radius 3 is 2.70 bits per heavy atom. The van der Waals surface area contributed by atoms with Crippen molar-refractivity contribution in [3.05, 3.63) is 29.8 Å². The van der Waals surface area contributed by atoms with Gasteiger partial charge in [-0.25, -0.2) is 0 Å². The number of primary amides is 1. The lowest BCUT2D eigenvalue weighted by Gasteiger charge is -2.21. The fraction of sp³-hybridized carbons (Fsp3) is 0.350. The lowest BCUT2D eigenvalue weighted by atomic mass is 10.0. The minimum atomic E-state index is -0.931. The van der Waals surface area contributed by atoms with Crippen LogP contribution in [0.1, 0.15) is 30.1 Å². The number of carboxylic acid groups (broad SMARTS) is 1. The number of rotatable bonds is 13. The summed E-state index contributed by atoms with van der Waals surface area (Å²) in [7, 11) is 0. The van der Waals surface area contributed by atoms with Gasteiger partial charge in [0.1, 0.15) is 11.5 Å². The van der Waals surface area contributed by atoms with E-state index in [0.717, 1.165) is 17.9 Å². The van der Waals surface area contributed by atoms with Crippen molar-refractivity contribution in [2.24, 2.45) is 5.73 Å². The zero-order valence-electron chi connectivity index (χ0n) is 16.5. The van der Waals surface area contributed by atoms with E-state index in [1.807, 2.05) is 6.92 Å². The highest BCUT2D eigenvalue weighted by atomic mass is 32.2. The molecule has 162 valence electrons. The highest BCUT2D eigenvalue weighted by molar-refractivity contribution is 7.99. The number of nitrogens with zero attached hydrogens (tertiary/aromatic N) is 1. The summed E-state index contributed by atoms with van der Waals surface area (Å²) in [6.45, 7) is 2.45. The molecule has 2 aromatic carbocycles. The molecule has 30 heavy (non-hydrogen) atoms. The molecule has 10 heteroatoms. The van der Waals surface area contributed by atoms with Gasteiger partial charge < -0.3 is 20.7 Å². The van der Waals surface area contributed by atoms with Crippen LogP contribution in [0.15, 0.2) is 24.3 Å². The molecule has 0 fully saturated rings. The molecule has 0 atom stereocenters. The number of thioether (sulfide) groups is 1. The maximum absolute atomic E-state index is 11.8. The topological polar surface area (TPSA) is 139 Å². The number of carboxylic acids is 1. The van der Waals surface area contributed by atoms with Gasteiger partial charge in [-0.15, -0.1) is 11.8 Å². The van der Waals surface area contributed by atoms with E-state index in [1.54, 1.807) is 18.2 Å². The Balaban J connectivity index is 2.47. The smallest absolute Gasteiger partial charge is 0.313 e. The molecule has 0 aliphatic heterocycles. The summed E-state index contributed by atoms with van der Waals surface area (Å²) in [5.74, 6) is -1.56. The first-order chi connectivity index (χ1) is 14.4. The molecule has 9 nitrogen and oxygen atoms in total. The van der Waals surface area contributed by atoms with Crippen LogP contribution in [0.4, 0.5) is 5.69 Å². The second-order valence-corrected chi connectivity index (χ2v) is 7.35. The summed E-state index contributed by atoms with van der Waals surface area (Å²) in [6.07, 6.45) is 2.14. The average Bonchev–Trinajstić information content (AvgIpc) is 2.72. The number of hydrogen-bond donors (Lipinski definition) is 3. The Morgan fingerprint density at radius 1 is 1.30 bits per heavy atom. The van der Waals surface area contributed by atoms with E-state index < -0.39 is 11.9 Å². The Morgan fingerprint density at radius 2 is 2.07 bits per heavy atom. The van der Waals surface area contributed by atoms with E-state index in [2.05, 4.69) is 0 Å². The van der Waals surface area contributed by atoms with Crippen LogP contribution in [0.25, 0.3) is 10.8 Å². The molecule has 0 saturated carbocycles.